The van der Waals surface area contributed by atoms with E-state index in [2.05, 4.69) is 9.17 Å². The SMILES string of the molecule is Cc1cc(CF)nc(OS(C)(=O)=O)c1. The van der Waals surface area contributed by atoms with Crippen molar-refractivity contribution in [3.05, 3.63) is 23.4 Å². The van der Waals surface area contributed by atoms with Crippen LogP contribution >= 0.6 is 0 Å². The van der Waals surface area contributed by atoms with E-state index in [0.717, 1.165) is 6.26 Å². The fraction of sp³-hybridized carbons (Fsp3) is 0.375. The smallest absolute Gasteiger partial charge is 0.307 e. The highest BCUT2D eigenvalue weighted by molar-refractivity contribution is 7.86. The van der Waals surface area contributed by atoms with Crippen LogP contribution in [0.15, 0.2) is 12.1 Å². The molecule has 0 amide bonds. The Labute approximate surface area is 81.9 Å². The fourth-order valence-corrected chi connectivity index (χ4v) is 1.37. The van der Waals surface area contributed by atoms with Crippen LogP contribution in [0.2, 0.25) is 0 Å². The summed E-state index contributed by atoms with van der Waals surface area (Å²) in [6.07, 6.45) is 0.909. The Bertz CT molecular complexity index is 430. The van der Waals surface area contributed by atoms with Crippen LogP contribution in [0.1, 0.15) is 11.3 Å². The summed E-state index contributed by atoms with van der Waals surface area (Å²) in [6, 6.07) is 2.95. The van der Waals surface area contributed by atoms with E-state index >= 15 is 0 Å². The van der Waals surface area contributed by atoms with E-state index in [1.54, 1.807) is 6.92 Å². The number of alkyl halides is 1. The molecule has 1 heterocycles. The Kier molecular flexibility index (Phi) is 3.05. The molecule has 4 nitrogen and oxygen atoms in total. The first-order valence-electron chi connectivity index (χ1n) is 3.84. The Morgan fingerprint density at radius 2 is 2.14 bits per heavy atom. The van der Waals surface area contributed by atoms with E-state index in [4.69, 9.17) is 0 Å². The van der Waals surface area contributed by atoms with E-state index < -0.39 is 16.8 Å². The normalized spacial score (nSPS) is 11.4. The van der Waals surface area contributed by atoms with Gasteiger partial charge < -0.3 is 4.18 Å². The molecule has 1 aromatic rings. The van der Waals surface area contributed by atoms with E-state index in [0.29, 0.717) is 5.56 Å². The van der Waals surface area contributed by atoms with Crippen molar-refractivity contribution >= 4 is 10.1 Å². The van der Waals surface area contributed by atoms with Gasteiger partial charge in [-0.25, -0.2) is 9.37 Å². The summed E-state index contributed by atoms with van der Waals surface area (Å²) in [4.78, 5) is 3.66. The number of halogens is 1. The maximum atomic E-state index is 12.3. The van der Waals surface area contributed by atoms with Gasteiger partial charge in [0.1, 0.15) is 6.67 Å². The molecule has 0 aliphatic rings. The summed E-state index contributed by atoms with van der Waals surface area (Å²) in [6.45, 7) is 0.956. The molecule has 0 atom stereocenters. The molecule has 0 bridgehead atoms. The van der Waals surface area contributed by atoms with Gasteiger partial charge in [0.2, 0.25) is 5.88 Å². The zero-order valence-electron chi connectivity index (χ0n) is 7.82. The Morgan fingerprint density at radius 1 is 1.50 bits per heavy atom. The van der Waals surface area contributed by atoms with Crippen molar-refractivity contribution in [1.29, 1.82) is 0 Å². The van der Waals surface area contributed by atoms with Crippen LogP contribution < -0.4 is 4.18 Å². The third kappa shape index (κ3) is 3.29. The average Bonchev–Trinajstić information content (AvgIpc) is 1.99. The average molecular weight is 219 g/mol. The van der Waals surface area contributed by atoms with E-state index in [-0.39, 0.29) is 11.6 Å². The molecule has 6 heteroatoms. The molecule has 0 N–H and O–H groups in total. The number of pyridine rings is 1. The number of nitrogens with zero attached hydrogens (tertiary/aromatic N) is 1. The van der Waals surface area contributed by atoms with E-state index in [1.165, 1.54) is 12.1 Å². The van der Waals surface area contributed by atoms with Gasteiger partial charge in [0, 0.05) is 6.07 Å². The third-order valence-electron chi connectivity index (χ3n) is 1.37. The Morgan fingerprint density at radius 3 is 2.64 bits per heavy atom. The molecule has 0 saturated carbocycles. The van der Waals surface area contributed by atoms with Crippen LogP contribution in [0, 0.1) is 6.92 Å². The molecule has 0 radical (unpaired) electrons. The first-order valence-corrected chi connectivity index (χ1v) is 5.65. The lowest BCUT2D eigenvalue weighted by Gasteiger charge is -2.04. The highest BCUT2D eigenvalue weighted by atomic mass is 32.2. The van der Waals surface area contributed by atoms with Crippen molar-refractivity contribution in [3.63, 3.8) is 0 Å². The van der Waals surface area contributed by atoms with Gasteiger partial charge in [0.05, 0.1) is 11.9 Å². The fourth-order valence-electron chi connectivity index (χ4n) is 0.972. The first kappa shape index (κ1) is 10.9. The lowest BCUT2D eigenvalue weighted by molar-refractivity contribution is 0.457. The van der Waals surface area contributed by atoms with Gasteiger partial charge in [0.25, 0.3) is 0 Å². The molecular weight excluding hydrogens is 209 g/mol. The highest BCUT2D eigenvalue weighted by Crippen LogP contribution is 2.14. The van der Waals surface area contributed by atoms with Gasteiger partial charge in [-0.1, -0.05) is 0 Å². The molecule has 14 heavy (non-hydrogen) atoms. The predicted octanol–water partition coefficient (Wildman–Crippen LogP) is 1.20. The summed E-state index contributed by atoms with van der Waals surface area (Å²) in [5.74, 6) is -0.0971. The Hall–Kier alpha value is -1.17. The minimum absolute atomic E-state index is 0.0971. The zero-order valence-corrected chi connectivity index (χ0v) is 8.64. The molecule has 0 saturated heterocycles. The number of hydrogen-bond donors (Lipinski definition) is 0. The largest absolute Gasteiger partial charge is 0.362 e. The van der Waals surface area contributed by atoms with Crippen LogP contribution in [0.5, 0.6) is 5.88 Å². The molecule has 0 unspecified atom stereocenters. The monoisotopic (exact) mass is 219 g/mol. The lowest BCUT2D eigenvalue weighted by Crippen LogP contribution is -2.07. The molecular formula is C8H10FNO3S. The van der Waals surface area contributed by atoms with Crippen LogP contribution in [-0.4, -0.2) is 19.7 Å². The molecule has 0 aromatic carbocycles. The maximum absolute atomic E-state index is 12.3. The summed E-state index contributed by atoms with van der Waals surface area (Å²) in [5, 5.41) is 0. The minimum Gasteiger partial charge on any atom is -0.362 e. The summed E-state index contributed by atoms with van der Waals surface area (Å²) < 4.78 is 38.3. The van der Waals surface area contributed by atoms with Crippen LogP contribution in [-0.2, 0) is 16.8 Å². The molecule has 0 spiro atoms. The van der Waals surface area contributed by atoms with Crippen LogP contribution in [0.3, 0.4) is 0 Å². The number of hydrogen-bond acceptors (Lipinski definition) is 4. The maximum Gasteiger partial charge on any atom is 0.307 e. The van der Waals surface area contributed by atoms with Gasteiger partial charge in [-0.3, -0.25) is 0 Å². The topological polar surface area (TPSA) is 56.3 Å². The van der Waals surface area contributed by atoms with Crippen molar-refractivity contribution in [2.75, 3.05) is 6.26 Å². The van der Waals surface area contributed by atoms with Crippen molar-refractivity contribution in [2.24, 2.45) is 0 Å². The second-order valence-electron chi connectivity index (χ2n) is 2.90. The molecule has 0 fully saturated rings. The van der Waals surface area contributed by atoms with Crippen LogP contribution in [0.4, 0.5) is 4.39 Å². The predicted molar refractivity (Wildman–Crippen MR) is 49.3 cm³/mol. The van der Waals surface area contributed by atoms with Gasteiger partial charge in [-0.2, -0.15) is 8.42 Å². The molecule has 1 rings (SSSR count). The van der Waals surface area contributed by atoms with Crippen molar-refractivity contribution in [1.82, 2.24) is 4.98 Å². The van der Waals surface area contributed by atoms with E-state index in [9.17, 15) is 12.8 Å². The zero-order chi connectivity index (χ0) is 10.8. The molecule has 78 valence electrons. The second kappa shape index (κ2) is 3.91. The number of aryl methyl sites for hydroxylation is 1. The molecule has 1 aromatic heterocycles. The van der Waals surface area contributed by atoms with E-state index in [1.807, 2.05) is 0 Å². The van der Waals surface area contributed by atoms with Crippen LogP contribution in [0.25, 0.3) is 0 Å². The summed E-state index contributed by atoms with van der Waals surface area (Å²) >= 11 is 0. The third-order valence-corrected chi connectivity index (χ3v) is 1.85. The summed E-state index contributed by atoms with van der Waals surface area (Å²) in [5.41, 5.74) is 0.856. The molecule has 0 aliphatic carbocycles. The van der Waals surface area contributed by atoms with Crippen molar-refractivity contribution in [3.8, 4) is 5.88 Å². The number of rotatable bonds is 3. The first-order chi connectivity index (χ1) is 6.40. The minimum atomic E-state index is -3.60. The van der Waals surface area contributed by atoms with Gasteiger partial charge in [-0.15, -0.1) is 0 Å². The van der Waals surface area contributed by atoms with Gasteiger partial charge in [-0.05, 0) is 18.6 Å². The number of aromatic nitrogens is 1. The van der Waals surface area contributed by atoms with Gasteiger partial charge >= 0.3 is 10.1 Å². The van der Waals surface area contributed by atoms with Crippen molar-refractivity contribution < 1.29 is 17.0 Å². The quantitative estimate of drug-likeness (QED) is 0.717. The lowest BCUT2D eigenvalue weighted by atomic mass is 10.2. The Balaban J connectivity index is 3.04. The molecule has 0 aliphatic heterocycles. The van der Waals surface area contributed by atoms with Crippen molar-refractivity contribution in [2.45, 2.75) is 13.6 Å². The summed E-state index contributed by atoms with van der Waals surface area (Å²) in [7, 11) is -3.60. The second-order valence-corrected chi connectivity index (χ2v) is 4.47. The van der Waals surface area contributed by atoms with Gasteiger partial charge in [0.15, 0.2) is 0 Å². The highest BCUT2D eigenvalue weighted by Gasteiger charge is 2.07. The standard InChI is InChI=1S/C8H10FNO3S/c1-6-3-7(5-9)10-8(4-6)13-14(2,11)12/h3-4H,5H2,1-2H3.